The van der Waals surface area contributed by atoms with Gasteiger partial charge in [0.2, 0.25) is 0 Å². The van der Waals surface area contributed by atoms with Gasteiger partial charge in [-0.1, -0.05) is 41.4 Å². The summed E-state index contributed by atoms with van der Waals surface area (Å²) in [6.45, 7) is 0. The molecule has 2 rings (SSSR count). The fraction of sp³-hybridized carbons (Fsp3) is 0.0769. The molecule has 2 N–H and O–H groups in total. The van der Waals surface area contributed by atoms with Crippen molar-refractivity contribution in [3.05, 3.63) is 69.5 Å². The van der Waals surface area contributed by atoms with E-state index < -0.39 is 5.82 Å². The van der Waals surface area contributed by atoms with Crippen LogP contribution in [-0.2, 0) is 0 Å². The van der Waals surface area contributed by atoms with Gasteiger partial charge in [0.1, 0.15) is 5.82 Å². The zero-order valence-electron chi connectivity index (χ0n) is 9.24. The number of benzene rings is 2. The van der Waals surface area contributed by atoms with Gasteiger partial charge in [0.25, 0.3) is 0 Å². The molecule has 96 valence electrons. The van der Waals surface area contributed by atoms with Crippen LogP contribution in [0.3, 0.4) is 0 Å². The maximum absolute atomic E-state index is 13.0. The summed E-state index contributed by atoms with van der Waals surface area (Å²) in [5.41, 5.74) is 7.72. The van der Waals surface area contributed by atoms with Gasteiger partial charge in [0.15, 0.2) is 0 Å². The maximum atomic E-state index is 13.0. The number of halogens is 4. The maximum Gasteiger partial charge on any atom is 0.141 e. The largest absolute Gasteiger partial charge is 0.320 e. The summed E-state index contributed by atoms with van der Waals surface area (Å²) in [6.07, 6.45) is 0. The van der Waals surface area contributed by atoms with Crippen molar-refractivity contribution < 1.29 is 4.39 Å². The van der Waals surface area contributed by atoms with Gasteiger partial charge < -0.3 is 5.73 Å². The molecule has 0 bridgehead atoms. The molecular weight excluding hydrogens is 296 g/mol. The molecule has 1 atom stereocenters. The van der Waals surface area contributed by atoms with E-state index in [1.165, 1.54) is 12.1 Å². The van der Waals surface area contributed by atoms with Crippen LogP contribution >= 0.6 is 35.6 Å². The molecule has 0 saturated carbocycles. The molecule has 0 saturated heterocycles. The van der Waals surface area contributed by atoms with E-state index in [0.29, 0.717) is 5.02 Å². The monoisotopic (exact) mass is 305 g/mol. The highest BCUT2D eigenvalue weighted by Crippen LogP contribution is 2.24. The number of rotatable bonds is 2. The summed E-state index contributed by atoms with van der Waals surface area (Å²) in [5.74, 6) is -0.446. The Morgan fingerprint density at radius 2 is 1.50 bits per heavy atom. The van der Waals surface area contributed by atoms with E-state index >= 15 is 0 Å². The minimum Gasteiger partial charge on any atom is -0.320 e. The molecule has 0 heterocycles. The summed E-state index contributed by atoms with van der Waals surface area (Å²) in [7, 11) is 0. The Morgan fingerprint density at radius 1 is 0.944 bits per heavy atom. The second-order valence-corrected chi connectivity index (χ2v) is 4.55. The standard InChI is InChI=1S/C13H10Cl2FN.ClH/c14-10-4-1-8(2-5-10)13(17)9-3-6-12(16)11(15)7-9;/h1-7,13H,17H2;1H. The lowest BCUT2D eigenvalue weighted by atomic mass is 10.00. The summed E-state index contributed by atoms with van der Waals surface area (Å²) >= 11 is 11.5. The van der Waals surface area contributed by atoms with Crippen molar-refractivity contribution in [2.75, 3.05) is 0 Å². The normalized spacial score (nSPS) is 11.8. The van der Waals surface area contributed by atoms with Crippen molar-refractivity contribution in [1.29, 1.82) is 0 Å². The summed E-state index contributed by atoms with van der Waals surface area (Å²) in [6, 6.07) is 11.3. The predicted molar refractivity (Wildman–Crippen MR) is 76.1 cm³/mol. The van der Waals surface area contributed by atoms with E-state index in [-0.39, 0.29) is 23.5 Å². The first-order valence-electron chi connectivity index (χ1n) is 5.04. The summed E-state index contributed by atoms with van der Waals surface area (Å²) in [5, 5.41) is 0.727. The highest BCUT2D eigenvalue weighted by molar-refractivity contribution is 6.31. The lowest BCUT2D eigenvalue weighted by Crippen LogP contribution is -2.11. The van der Waals surface area contributed by atoms with Crippen molar-refractivity contribution in [2.24, 2.45) is 5.73 Å². The third kappa shape index (κ3) is 3.36. The van der Waals surface area contributed by atoms with Gasteiger partial charge in [-0.25, -0.2) is 4.39 Å². The Morgan fingerprint density at radius 3 is 2.06 bits per heavy atom. The molecule has 0 radical (unpaired) electrons. The molecule has 18 heavy (non-hydrogen) atoms. The lowest BCUT2D eigenvalue weighted by Gasteiger charge is -2.13. The van der Waals surface area contributed by atoms with Crippen LogP contribution in [0.1, 0.15) is 17.2 Å². The van der Waals surface area contributed by atoms with E-state index in [9.17, 15) is 4.39 Å². The molecule has 5 heteroatoms. The molecular formula is C13H11Cl3FN. The van der Waals surface area contributed by atoms with Crippen LogP contribution in [0, 0.1) is 5.82 Å². The topological polar surface area (TPSA) is 26.0 Å². The van der Waals surface area contributed by atoms with Crippen molar-refractivity contribution in [1.82, 2.24) is 0 Å². The van der Waals surface area contributed by atoms with Crippen molar-refractivity contribution in [2.45, 2.75) is 6.04 Å². The van der Waals surface area contributed by atoms with E-state index in [4.69, 9.17) is 28.9 Å². The van der Waals surface area contributed by atoms with Crippen LogP contribution in [-0.4, -0.2) is 0 Å². The van der Waals surface area contributed by atoms with Crippen molar-refractivity contribution in [3.8, 4) is 0 Å². The summed E-state index contributed by atoms with van der Waals surface area (Å²) in [4.78, 5) is 0. The molecule has 0 amide bonds. The van der Waals surface area contributed by atoms with Gasteiger partial charge in [0.05, 0.1) is 11.1 Å². The summed E-state index contributed by atoms with van der Waals surface area (Å²) < 4.78 is 13.0. The van der Waals surface area contributed by atoms with Crippen LogP contribution in [0.15, 0.2) is 42.5 Å². The average molecular weight is 307 g/mol. The highest BCUT2D eigenvalue weighted by atomic mass is 35.5. The number of hydrogen-bond donors (Lipinski definition) is 1. The molecule has 0 aliphatic heterocycles. The fourth-order valence-corrected chi connectivity index (χ4v) is 1.88. The van der Waals surface area contributed by atoms with Crippen molar-refractivity contribution >= 4 is 35.6 Å². The van der Waals surface area contributed by atoms with Gasteiger partial charge in [-0.3, -0.25) is 0 Å². The van der Waals surface area contributed by atoms with Crippen LogP contribution in [0.4, 0.5) is 4.39 Å². The van der Waals surface area contributed by atoms with Gasteiger partial charge in [0, 0.05) is 5.02 Å². The molecule has 0 spiro atoms. The number of hydrogen-bond acceptors (Lipinski definition) is 1. The second kappa shape index (κ2) is 6.39. The first-order chi connectivity index (χ1) is 8.08. The molecule has 1 unspecified atom stereocenters. The number of nitrogens with two attached hydrogens (primary N) is 1. The van der Waals surface area contributed by atoms with Crippen LogP contribution in [0.25, 0.3) is 0 Å². The Labute approximate surface area is 121 Å². The molecule has 2 aromatic rings. The first kappa shape index (κ1) is 15.3. The van der Waals surface area contributed by atoms with Crippen LogP contribution in [0.2, 0.25) is 10.0 Å². The Balaban J connectivity index is 0.00000162. The predicted octanol–water partition coefficient (Wildman–Crippen LogP) is 4.60. The van der Waals surface area contributed by atoms with Crippen molar-refractivity contribution in [3.63, 3.8) is 0 Å². The quantitative estimate of drug-likeness (QED) is 0.862. The Kier molecular flexibility index (Phi) is 5.42. The smallest absolute Gasteiger partial charge is 0.141 e. The molecule has 0 aliphatic rings. The molecule has 0 aliphatic carbocycles. The van der Waals surface area contributed by atoms with Gasteiger partial charge in [-0.2, -0.15) is 0 Å². The Hall–Kier alpha value is -0.800. The van der Waals surface area contributed by atoms with Gasteiger partial charge in [-0.05, 0) is 35.4 Å². The third-order valence-corrected chi connectivity index (χ3v) is 3.07. The van der Waals surface area contributed by atoms with Gasteiger partial charge >= 0.3 is 0 Å². The molecule has 1 nitrogen and oxygen atoms in total. The Bertz CT molecular complexity index is 528. The zero-order chi connectivity index (χ0) is 12.4. The molecule has 0 fully saturated rings. The average Bonchev–Trinajstić information content (AvgIpc) is 2.33. The third-order valence-electron chi connectivity index (χ3n) is 2.53. The first-order valence-corrected chi connectivity index (χ1v) is 5.79. The SMILES string of the molecule is Cl.NC(c1ccc(Cl)cc1)c1ccc(F)c(Cl)c1. The highest BCUT2D eigenvalue weighted by Gasteiger charge is 2.10. The fourth-order valence-electron chi connectivity index (χ4n) is 1.57. The van der Waals surface area contributed by atoms with E-state index in [2.05, 4.69) is 0 Å². The van der Waals surface area contributed by atoms with Gasteiger partial charge in [-0.15, -0.1) is 12.4 Å². The minimum absolute atomic E-state index is 0. The van der Waals surface area contributed by atoms with E-state index in [1.54, 1.807) is 18.2 Å². The second-order valence-electron chi connectivity index (χ2n) is 3.70. The minimum atomic E-state index is -0.446. The lowest BCUT2D eigenvalue weighted by molar-refractivity contribution is 0.627. The molecule has 0 aromatic heterocycles. The molecule has 2 aromatic carbocycles. The van der Waals surface area contributed by atoms with Crippen LogP contribution in [0.5, 0.6) is 0 Å². The zero-order valence-corrected chi connectivity index (χ0v) is 11.6. The van der Waals surface area contributed by atoms with E-state index in [1.807, 2.05) is 12.1 Å². The van der Waals surface area contributed by atoms with E-state index in [0.717, 1.165) is 11.1 Å². The van der Waals surface area contributed by atoms with Crippen LogP contribution < -0.4 is 5.73 Å².